The second kappa shape index (κ2) is 3.21. The van der Waals surface area contributed by atoms with E-state index in [4.69, 9.17) is 9.47 Å². The van der Waals surface area contributed by atoms with Crippen molar-refractivity contribution < 1.29 is 19.4 Å². The summed E-state index contributed by atoms with van der Waals surface area (Å²) < 4.78 is 11.1. The predicted octanol–water partition coefficient (Wildman–Crippen LogP) is 1.39. The molecule has 0 aromatic heterocycles. The van der Waals surface area contributed by atoms with Crippen molar-refractivity contribution in [3.63, 3.8) is 0 Å². The first kappa shape index (κ1) is 9.93. The summed E-state index contributed by atoms with van der Waals surface area (Å²) in [7, 11) is 0. The van der Waals surface area contributed by atoms with Crippen LogP contribution >= 0.6 is 0 Å². The molecule has 80 valence electrons. The van der Waals surface area contributed by atoms with Gasteiger partial charge in [0, 0.05) is 6.42 Å². The van der Waals surface area contributed by atoms with Gasteiger partial charge in [0.1, 0.15) is 5.41 Å². The van der Waals surface area contributed by atoms with Crippen LogP contribution in [0.1, 0.15) is 32.6 Å². The molecule has 0 radical (unpaired) electrons. The van der Waals surface area contributed by atoms with Crippen LogP contribution in [0, 0.1) is 5.41 Å². The molecule has 1 saturated heterocycles. The largest absolute Gasteiger partial charge is 0.481 e. The molecule has 1 aliphatic heterocycles. The molecule has 1 unspecified atom stereocenters. The summed E-state index contributed by atoms with van der Waals surface area (Å²) in [5.74, 6) is -1.66. The van der Waals surface area contributed by atoms with E-state index in [0.29, 0.717) is 26.1 Å². The van der Waals surface area contributed by atoms with Gasteiger partial charge in [-0.2, -0.15) is 0 Å². The quantitative estimate of drug-likeness (QED) is 0.695. The summed E-state index contributed by atoms with van der Waals surface area (Å²) in [6, 6.07) is 0. The first-order valence-corrected chi connectivity index (χ1v) is 5.12. The highest BCUT2D eigenvalue weighted by molar-refractivity contribution is 5.75. The Labute approximate surface area is 83.2 Å². The lowest BCUT2D eigenvalue weighted by molar-refractivity contribution is -0.252. The molecular formula is C10H16O4. The zero-order valence-electron chi connectivity index (χ0n) is 8.41. The molecule has 0 aromatic rings. The monoisotopic (exact) mass is 200 g/mol. The van der Waals surface area contributed by atoms with E-state index in [1.165, 1.54) is 0 Å². The van der Waals surface area contributed by atoms with Crippen LogP contribution in [0.5, 0.6) is 0 Å². The third-order valence-corrected chi connectivity index (χ3v) is 3.50. The molecule has 1 atom stereocenters. The van der Waals surface area contributed by atoms with E-state index in [1.807, 2.05) is 0 Å². The van der Waals surface area contributed by atoms with Gasteiger partial charge in [-0.1, -0.05) is 6.42 Å². The molecule has 1 heterocycles. The van der Waals surface area contributed by atoms with Crippen molar-refractivity contribution in [3.05, 3.63) is 0 Å². The highest BCUT2D eigenvalue weighted by Gasteiger charge is 2.58. The molecule has 14 heavy (non-hydrogen) atoms. The average Bonchev–Trinajstić information content (AvgIpc) is 2.60. The van der Waals surface area contributed by atoms with Crippen LogP contribution < -0.4 is 0 Å². The fourth-order valence-corrected chi connectivity index (χ4v) is 2.49. The van der Waals surface area contributed by atoms with E-state index in [9.17, 15) is 9.90 Å². The molecule has 0 bridgehead atoms. The molecule has 1 aliphatic carbocycles. The second-order valence-electron chi connectivity index (χ2n) is 4.29. The number of aliphatic carboxylic acids is 1. The number of carboxylic acids is 1. The molecule has 4 nitrogen and oxygen atoms in total. The topological polar surface area (TPSA) is 55.8 Å². The van der Waals surface area contributed by atoms with E-state index in [2.05, 4.69) is 0 Å². The minimum atomic E-state index is -0.873. The van der Waals surface area contributed by atoms with Crippen molar-refractivity contribution in [1.82, 2.24) is 0 Å². The van der Waals surface area contributed by atoms with Crippen LogP contribution in [0.2, 0.25) is 0 Å². The normalized spacial score (nSPS) is 36.1. The van der Waals surface area contributed by atoms with E-state index >= 15 is 0 Å². The number of hydrogen-bond donors (Lipinski definition) is 1. The minimum Gasteiger partial charge on any atom is -0.481 e. The van der Waals surface area contributed by atoms with Gasteiger partial charge >= 0.3 is 5.97 Å². The van der Waals surface area contributed by atoms with Gasteiger partial charge in [-0.05, 0) is 19.8 Å². The third-order valence-electron chi connectivity index (χ3n) is 3.50. The summed E-state index contributed by atoms with van der Waals surface area (Å²) in [5, 5.41) is 9.26. The fraction of sp³-hybridized carbons (Fsp3) is 0.900. The number of ether oxygens (including phenoxy) is 2. The van der Waals surface area contributed by atoms with Gasteiger partial charge in [0.2, 0.25) is 0 Å². The van der Waals surface area contributed by atoms with E-state index in [0.717, 1.165) is 12.8 Å². The zero-order valence-corrected chi connectivity index (χ0v) is 8.41. The van der Waals surface area contributed by atoms with Crippen LogP contribution in [0.3, 0.4) is 0 Å². The Kier molecular flexibility index (Phi) is 2.27. The lowest BCUT2D eigenvalue weighted by atomic mass is 9.70. The van der Waals surface area contributed by atoms with Gasteiger partial charge in [0.25, 0.3) is 0 Å². The van der Waals surface area contributed by atoms with Gasteiger partial charge in [-0.15, -0.1) is 0 Å². The number of carbonyl (C=O) groups is 1. The summed E-state index contributed by atoms with van der Waals surface area (Å²) in [6.07, 6.45) is 3.28. The number of rotatable bonds is 1. The minimum absolute atomic E-state index is 0.517. The molecule has 1 spiro atoms. The highest BCUT2D eigenvalue weighted by atomic mass is 16.7. The van der Waals surface area contributed by atoms with Crippen molar-refractivity contribution in [1.29, 1.82) is 0 Å². The maximum Gasteiger partial charge on any atom is 0.314 e. The summed E-state index contributed by atoms with van der Waals surface area (Å²) >= 11 is 0. The van der Waals surface area contributed by atoms with Gasteiger partial charge in [-0.25, -0.2) is 0 Å². The maximum absolute atomic E-state index is 11.3. The Morgan fingerprint density at radius 1 is 1.21 bits per heavy atom. The Morgan fingerprint density at radius 2 is 1.79 bits per heavy atom. The molecule has 1 saturated carbocycles. The lowest BCUT2D eigenvalue weighted by Crippen LogP contribution is -2.54. The fourth-order valence-electron chi connectivity index (χ4n) is 2.49. The molecule has 4 heteroatoms. The molecule has 0 aromatic carbocycles. The first-order valence-electron chi connectivity index (χ1n) is 5.12. The van der Waals surface area contributed by atoms with Crippen molar-refractivity contribution in [2.75, 3.05) is 13.2 Å². The standard InChI is InChI=1S/C10H16O4/c1-9(8(11)12)4-2-3-5-10(9)13-6-7-14-10/h2-7H2,1H3,(H,11,12). The van der Waals surface area contributed by atoms with Crippen molar-refractivity contribution in [2.45, 2.75) is 38.4 Å². The van der Waals surface area contributed by atoms with Gasteiger partial charge < -0.3 is 14.6 Å². The molecule has 2 fully saturated rings. The molecule has 2 rings (SSSR count). The number of carboxylic acid groups (broad SMARTS) is 1. The predicted molar refractivity (Wildman–Crippen MR) is 48.8 cm³/mol. The molecule has 2 aliphatic rings. The maximum atomic E-state index is 11.3. The van der Waals surface area contributed by atoms with Crippen molar-refractivity contribution >= 4 is 5.97 Å². The Morgan fingerprint density at radius 3 is 2.36 bits per heavy atom. The van der Waals surface area contributed by atoms with Gasteiger partial charge in [0.15, 0.2) is 5.79 Å². The summed E-state index contributed by atoms with van der Waals surface area (Å²) in [4.78, 5) is 11.3. The van der Waals surface area contributed by atoms with Crippen LogP contribution in [0.15, 0.2) is 0 Å². The Hall–Kier alpha value is -0.610. The molecule has 0 amide bonds. The zero-order chi connectivity index (χ0) is 10.2. The average molecular weight is 200 g/mol. The van der Waals surface area contributed by atoms with E-state index in [-0.39, 0.29) is 0 Å². The van der Waals surface area contributed by atoms with Crippen molar-refractivity contribution in [2.24, 2.45) is 5.41 Å². The first-order chi connectivity index (χ1) is 6.61. The van der Waals surface area contributed by atoms with E-state index < -0.39 is 17.2 Å². The van der Waals surface area contributed by atoms with Crippen LogP contribution in [-0.4, -0.2) is 30.1 Å². The Balaban J connectivity index is 2.31. The Bertz CT molecular complexity index is 245. The smallest absolute Gasteiger partial charge is 0.314 e. The van der Waals surface area contributed by atoms with Crippen LogP contribution in [-0.2, 0) is 14.3 Å². The summed E-state index contributed by atoms with van der Waals surface area (Å²) in [6.45, 7) is 2.77. The van der Waals surface area contributed by atoms with Gasteiger partial charge in [0.05, 0.1) is 13.2 Å². The third kappa shape index (κ3) is 1.17. The van der Waals surface area contributed by atoms with Gasteiger partial charge in [-0.3, -0.25) is 4.79 Å². The second-order valence-corrected chi connectivity index (χ2v) is 4.29. The summed E-state index contributed by atoms with van der Waals surface area (Å²) in [5.41, 5.74) is -0.873. The molecular weight excluding hydrogens is 184 g/mol. The van der Waals surface area contributed by atoms with Crippen LogP contribution in [0.25, 0.3) is 0 Å². The van der Waals surface area contributed by atoms with Crippen LogP contribution in [0.4, 0.5) is 0 Å². The SMILES string of the molecule is CC1(C(=O)O)CCCCC12OCCO2. The van der Waals surface area contributed by atoms with Crippen molar-refractivity contribution in [3.8, 4) is 0 Å². The molecule has 1 N–H and O–H groups in total. The highest BCUT2D eigenvalue weighted by Crippen LogP contribution is 2.49. The lowest BCUT2D eigenvalue weighted by Gasteiger charge is -2.44. The number of hydrogen-bond acceptors (Lipinski definition) is 3. The van der Waals surface area contributed by atoms with E-state index in [1.54, 1.807) is 6.92 Å².